The molecular weight excluding hydrogens is 200 g/mol. The van der Waals surface area contributed by atoms with Gasteiger partial charge in [-0.05, 0) is 43.9 Å². The Labute approximate surface area is 96.3 Å². The van der Waals surface area contributed by atoms with Crippen LogP contribution in [0.3, 0.4) is 0 Å². The summed E-state index contributed by atoms with van der Waals surface area (Å²) in [7, 11) is 1.64. The number of hydrogen-bond acceptors (Lipinski definition) is 2. The predicted octanol–water partition coefficient (Wildman–Crippen LogP) is 2.35. The van der Waals surface area contributed by atoms with E-state index in [-0.39, 0.29) is 0 Å². The molecule has 1 aliphatic carbocycles. The number of methoxy groups -OCH3 is 1. The zero-order valence-electron chi connectivity index (χ0n) is 9.49. The van der Waals surface area contributed by atoms with E-state index in [1.807, 2.05) is 24.3 Å². The molecule has 0 radical (unpaired) electrons. The molecular formula is C14H16O2. The maximum absolute atomic E-state index is 10.1. The van der Waals surface area contributed by atoms with Gasteiger partial charge in [0.05, 0.1) is 7.11 Å². The van der Waals surface area contributed by atoms with Crippen molar-refractivity contribution in [2.45, 2.75) is 31.3 Å². The van der Waals surface area contributed by atoms with Crippen molar-refractivity contribution < 1.29 is 9.84 Å². The van der Waals surface area contributed by atoms with E-state index in [0.717, 1.165) is 37.0 Å². The van der Waals surface area contributed by atoms with Gasteiger partial charge in [-0.3, -0.25) is 0 Å². The predicted molar refractivity (Wildman–Crippen MR) is 63.3 cm³/mol. The Morgan fingerprint density at radius 2 is 2.06 bits per heavy atom. The highest BCUT2D eigenvalue weighted by Gasteiger charge is 2.28. The average Bonchev–Trinajstić information content (AvgIpc) is 2.75. The van der Waals surface area contributed by atoms with Crippen molar-refractivity contribution in [3.05, 3.63) is 29.8 Å². The minimum Gasteiger partial charge on any atom is -0.497 e. The van der Waals surface area contributed by atoms with Gasteiger partial charge in [-0.1, -0.05) is 17.9 Å². The molecule has 0 aromatic heterocycles. The molecule has 0 unspecified atom stereocenters. The van der Waals surface area contributed by atoms with E-state index in [0.29, 0.717) is 0 Å². The third-order valence-corrected chi connectivity index (χ3v) is 2.94. The lowest BCUT2D eigenvalue weighted by atomic mass is 10.0. The molecule has 16 heavy (non-hydrogen) atoms. The highest BCUT2D eigenvalue weighted by atomic mass is 16.5. The van der Waals surface area contributed by atoms with E-state index in [4.69, 9.17) is 4.74 Å². The van der Waals surface area contributed by atoms with Crippen LogP contribution in [-0.2, 0) is 0 Å². The first-order chi connectivity index (χ1) is 7.72. The van der Waals surface area contributed by atoms with Crippen LogP contribution in [0.25, 0.3) is 0 Å². The van der Waals surface area contributed by atoms with Gasteiger partial charge in [0.1, 0.15) is 11.4 Å². The van der Waals surface area contributed by atoms with Gasteiger partial charge >= 0.3 is 0 Å². The lowest BCUT2D eigenvalue weighted by Crippen LogP contribution is -2.20. The van der Waals surface area contributed by atoms with Crippen molar-refractivity contribution >= 4 is 0 Å². The van der Waals surface area contributed by atoms with Gasteiger partial charge < -0.3 is 9.84 Å². The van der Waals surface area contributed by atoms with Crippen LogP contribution in [0.5, 0.6) is 5.75 Å². The summed E-state index contributed by atoms with van der Waals surface area (Å²) >= 11 is 0. The summed E-state index contributed by atoms with van der Waals surface area (Å²) in [6, 6.07) is 7.59. The van der Waals surface area contributed by atoms with Gasteiger partial charge in [0.2, 0.25) is 0 Å². The van der Waals surface area contributed by atoms with Gasteiger partial charge in [-0.2, -0.15) is 0 Å². The van der Waals surface area contributed by atoms with Gasteiger partial charge in [-0.25, -0.2) is 0 Å². The smallest absolute Gasteiger partial charge is 0.125 e. The zero-order valence-corrected chi connectivity index (χ0v) is 9.49. The van der Waals surface area contributed by atoms with Crippen LogP contribution in [0.1, 0.15) is 31.2 Å². The van der Waals surface area contributed by atoms with Gasteiger partial charge in [0.15, 0.2) is 0 Å². The van der Waals surface area contributed by atoms with Gasteiger partial charge in [0.25, 0.3) is 0 Å². The maximum atomic E-state index is 10.1. The number of rotatable bonds is 1. The molecule has 1 saturated carbocycles. The van der Waals surface area contributed by atoms with Crippen LogP contribution in [0.4, 0.5) is 0 Å². The highest BCUT2D eigenvalue weighted by Crippen LogP contribution is 2.28. The second-order valence-electron chi connectivity index (χ2n) is 4.22. The number of benzene rings is 1. The van der Waals surface area contributed by atoms with Crippen molar-refractivity contribution in [3.63, 3.8) is 0 Å². The standard InChI is InChI=1S/C14H16O2/c1-16-13-6-4-5-12(11-13)7-10-14(15)8-2-3-9-14/h4-6,11,15H,2-3,8-9H2,1H3. The molecule has 0 amide bonds. The Kier molecular flexibility index (Phi) is 3.17. The fourth-order valence-corrected chi connectivity index (χ4v) is 1.97. The molecule has 1 fully saturated rings. The third-order valence-electron chi connectivity index (χ3n) is 2.94. The molecule has 1 N–H and O–H groups in total. The summed E-state index contributed by atoms with van der Waals surface area (Å²) in [6.45, 7) is 0. The van der Waals surface area contributed by atoms with Crippen LogP contribution >= 0.6 is 0 Å². The molecule has 2 rings (SSSR count). The zero-order chi connectivity index (χ0) is 11.4. The van der Waals surface area contributed by atoms with E-state index in [2.05, 4.69) is 11.8 Å². The normalized spacial score (nSPS) is 17.6. The van der Waals surface area contributed by atoms with E-state index in [9.17, 15) is 5.11 Å². The van der Waals surface area contributed by atoms with Crippen LogP contribution in [0.2, 0.25) is 0 Å². The summed E-state index contributed by atoms with van der Waals surface area (Å²) in [6.07, 6.45) is 3.74. The molecule has 84 valence electrons. The first-order valence-corrected chi connectivity index (χ1v) is 5.61. The lowest BCUT2D eigenvalue weighted by molar-refractivity contribution is 0.110. The Morgan fingerprint density at radius 3 is 2.75 bits per heavy atom. The number of ether oxygens (including phenoxy) is 1. The van der Waals surface area contributed by atoms with Crippen molar-refractivity contribution in [2.75, 3.05) is 7.11 Å². The van der Waals surface area contributed by atoms with Gasteiger partial charge in [0, 0.05) is 5.56 Å². The number of hydrogen-bond donors (Lipinski definition) is 1. The Morgan fingerprint density at radius 1 is 1.31 bits per heavy atom. The first kappa shape index (κ1) is 11.0. The van der Waals surface area contributed by atoms with Crippen molar-refractivity contribution in [1.82, 2.24) is 0 Å². The van der Waals surface area contributed by atoms with Crippen LogP contribution in [-0.4, -0.2) is 17.8 Å². The van der Waals surface area contributed by atoms with E-state index in [1.165, 1.54) is 0 Å². The topological polar surface area (TPSA) is 29.5 Å². The molecule has 0 saturated heterocycles. The molecule has 1 aromatic carbocycles. The van der Waals surface area contributed by atoms with Crippen molar-refractivity contribution in [3.8, 4) is 17.6 Å². The first-order valence-electron chi connectivity index (χ1n) is 5.61. The molecule has 0 atom stereocenters. The summed E-state index contributed by atoms with van der Waals surface area (Å²) in [5.41, 5.74) is 0.128. The van der Waals surface area contributed by atoms with Crippen molar-refractivity contribution in [1.29, 1.82) is 0 Å². The molecule has 2 nitrogen and oxygen atoms in total. The molecule has 0 bridgehead atoms. The molecule has 0 heterocycles. The van der Waals surface area contributed by atoms with Crippen molar-refractivity contribution in [2.24, 2.45) is 0 Å². The van der Waals surface area contributed by atoms with E-state index in [1.54, 1.807) is 7.11 Å². The minimum atomic E-state index is -0.761. The molecule has 2 heteroatoms. The summed E-state index contributed by atoms with van der Waals surface area (Å²) in [5.74, 6) is 6.79. The van der Waals surface area contributed by atoms with Crippen LogP contribution in [0, 0.1) is 11.8 Å². The molecule has 0 spiro atoms. The van der Waals surface area contributed by atoms with E-state index >= 15 is 0 Å². The molecule has 1 aliphatic rings. The van der Waals surface area contributed by atoms with Crippen LogP contribution in [0.15, 0.2) is 24.3 Å². The number of aliphatic hydroxyl groups is 1. The fourth-order valence-electron chi connectivity index (χ4n) is 1.97. The molecule has 1 aromatic rings. The summed E-state index contributed by atoms with van der Waals surface area (Å²) in [5, 5.41) is 10.1. The third kappa shape index (κ3) is 2.56. The van der Waals surface area contributed by atoms with E-state index < -0.39 is 5.60 Å². The summed E-state index contributed by atoms with van der Waals surface area (Å²) < 4.78 is 5.12. The highest BCUT2D eigenvalue weighted by molar-refractivity contribution is 5.41. The Balaban J connectivity index is 2.16. The largest absolute Gasteiger partial charge is 0.497 e. The second-order valence-corrected chi connectivity index (χ2v) is 4.22. The summed E-state index contributed by atoms with van der Waals surface area (Å²) in [4.78, 5) is 0. The fraction of sp³-hybridized carbons (Fsp3) is 0.429. The maximum Gasteiger partial charge on any atom is 0.125 e. The Hall–Kier alpha value is -1.46. The monoisotopic (exact) mass is 216 g/mol. The van der Waals surface area contributed by atoms with Crippen LogP contribution < -0.4 is 4.74 Å². The average molecular weight is 216 g/mol. The quantitative estimate of drug-likeness (QED) is 0.730. The molecule has 0 aliphatic heterocycles. The SMILES string of the molecule is COc1cccc(C#CC2(O)CCCC2)c1. The minimum absolute atomic E-state index is 0.761. The lowest BCUT2D eigenvalue weighted by Gasteiger charge is -2.12. The van der Waals surface area contributed by atoms with Gasteiger partial charge in [-0.15, -0.1) is 0 Å². The second kappa shape index (κ2) is 4.59. The Bertz CT molecular complexity index is 420.